The SMILES string of the molecule is O=[N+]([O-])NCl. The van der Waals surface area contributed by atoms with E-state index in [2.05, 4.69) is 11.8 Å². The summed E-state index contributed by atoms with van der Waals surface area (Å²) in [6.07, 6.45) is 0. The third kappa shape index (κ3) is 3.49. The minimum Gasteiger partial charge on any atom is -0.234 e. The maximum absolute atomic E-state index is 8.93. The second-order valence-electron chi connectivity index (χ2n) is 0.342. The zero-order valence-electron chi connectivity index (χ0n) is 2.14. The molecule has 0 radical (unpaired) electrons. The predicted octanol–water partition coefficient (Wildman–Crippen LogP) is -0.0785. The van der Waals surface area contributed by atoms with Gasteiger partial charge in [0.2, 0.25) is 0 Å². The van der Waals surface area contributed by atoms with E-state index in [0.717, 1.165) is 0 Å². The van der Waals surface area contributed by atoms with Crippen molar-refractivity contribution in [2.24, 2.45) is 0 Å². The third-order valence-corrected chi connectivity index (χ3v) is 0.207. The molecule has 0 aromatic rings. The Balaban J connectivity index is 2.85. The summed E-state index contributed by atoms with van der Waals surface area (Å²) < 4.78 is 0. The molecule has 0 aliphatic heterocycles. The largest absolute Gasteiger partial charge is 0.234 e. The van der Waals surface area contributed by atoms with Crippen molar-refractivity contribution in [3.63, 3.8) is 0 Å². The number of hydrogen-bond acceptors (Lipinski definition) is 2. The molecule has 5 heavy (non-hydrogen) atoms. The van der Waals surface area contributed by atoms with Crippen LogP contribution in [0.4, 0.5) is 0 Å². The third-order valence-electron chi connectivity index (χ3n) is 0.0690. The number of hydrazine groups is 1. The molecule has 0 fully saturated rings. The van der Waals surface area contributed by atoms with Crippen molar-refractivity contribution in [1.82, 2.24) is 4.94 Å². The first-order valence-corrected chi connectivity index (χ1v) is 1.16. The molecule has 5 heteroatoms. The van der Waals surface area contributed by atoms with Gasteiger partial charge in [-0.05, 0) is 4.94 Å². The number of nitrogens with one attached hydrogen (secondary N) is 1. The number of rotatable bonds is 1. The minimum absolute atomic E-state index is 0.860. The van der Waals surface area contributed by atoms with E-state index in [1.807, 2.05) is 0 Å². The smallest absolute Gasteiger partial charge is 0.173 e. The molecule has 0 heterocycles. The van der Waals surface area contributed by atoms with Crippen LogP contribution in [0.15, 0.2) is 0 Å². The highest BCUT2D eigenvalue weighted by Gasteiger charge is 1.76. The summed E-state index contributed by atoms with van der Waals surface area (Å²) >= 11 is 4.39. The molecule has 0 rings (SSSR count). The van der Waals surface area contributed by atoms with E-state index >= 15 is 0 Å². The van der Waals surface area contributed by atoms with Crippen LogP contribution < -0.4 is 4.94 Å². The molecule has 0 aliphatic carbocycles. The number of nitrogens with zero attached hydrogens (tertiary/aromatic N) is 1. The Labute approximate surface area is 33.0 Å². The normalized spacial score (nSPS) is 6.60. The molecule has 30 valence electrons. The zero-order chi connectivity index (χ0) is 4.28. The van der Waals surface area contributed by atoms with Gasteiger partial charge in [-0.1, -0.05) is 0 Å². The summed E-state index contributed by atoms with van der Waals surface area (Å²) in [6.45, 7) is 0. The van der Waals surface area contributed by atoms with Gasteiger partial charge in [0.1, 0.15) is 0 Å². The Morgan fingerprint density at radius 3 is 2.20 bits per heavy atom. The van der Waals surface area contributed by atoms with Gasteiger partial charge in [-0.25, -0.2) is 10.1 Å². The zero-order valence-corrected chi connectivity index (χ0v) is 2.90. The van der Waals surface area contributed by atoms with Crippen LogP contribution in [0.25, 0.3) is 0 Å². The lowest BCUT2D eigenvalue weighted by atomic mass is 12.7. The molecule has 0 aromatic heterocycles. The first-order chi connectivity index (χ1) is 2.27. The molecule has 4 nitrogen and oxygen atoms in total. The fourth-order valence-corrected chi connectivity index (χ4v) is 0. The number of nitro groups is 1. The molecule has 0 spiro atoms. The quantitative estimate of drug-likeness (QED) is 0.282. The van der Waals surface area contributed by atoms with Crippen molar-refractivity contribution in [1.29, 1.82) is 0 Å². The lowest BCUT2D eigenvalue weighted by Crippen LogP contribution is -2.06. The van der Waals surface area contributed by atoms with Crippen LogP contribution >= 0.6 is 11.8 Å². The molecule has 0 aromatic carbocycles. The van der Waals surface area contributed by atoms with Crippen molar-refractivity contribution in [2.45, 2.75) is 0 Å². The molecule has 0 atom stereocenters. The van der Waals surface area contributed by atoms with E-state index in [-0.39, 0.29) is 0 Å². The van der Waals surface area contributed by atoms with E-state index in [0.29, 0.717) is 0 Å². The van der Waals surface area contributed by atoms with Gasteiger partial charge in [-0.3, -0.25) is 0 Å². The summed E-state index contributed by atoms with van der Waals surface area (Å²) in [5.74, 6) is 0. The van der Waals surface area contributed by atoms with Gasteiger partial charge in [0.15, 0.2) is 5.03 Å². The van der Waals surface area contributed by atoms with Crippen LogP contribution in [0, 0.1) is 10.1 Å². The highest BCUT2D eigenvalue weighted by molar-refractivity contribution is 6.12. The number of hydrogen-bond donors (Lipinski definition) is 1. The molecule has 1 N–H and O–H groups in total. The molecule has 0 saturated carbocycles. The van der Waals surface area contributed by atoms with Crippen molar-refractivity contribution in [3.8, 4) is 0 Å². The lowest BCUT2D eigenvalue weighted by Gasteiger charge is -1.72. The van der Waals surface area contributed by atoms with Crippen molar-refractivity contribution in [2.75, 3.05) is 0 Å². The van der Waals surface area contributed by atoms with Crippen LogP contribution in [0.2, 0.25) is 0 Å². The molecule has 0 saturated heterocycles. The average Bonchev–Trinajstić information content (AvgIpc) is 1.38. The highest BCUT2D eigenvalue weighted by Crippen LogP contribution is 1.55. The van der Waals surface area contributed by atoms with Crippen LogP contribution in [0.1, 0.15) is 0 Å². The van der Waals surface area contributed by atoms with Gasteiger partial charge in [-0.15, -0.1) is 0 Å². The van der Waals surface area contributed by atoms with E-state index in [1.165, 1.54) is 4.94 Å². The summed E-state index contributed by atoms with van der Waals surface area (Å²) in [4.78, 5) is 10.2. The van der Waals surface area contributed by atoms with Crippen LogP contribution in [-0.4, -0.2) is 5.03 Å². The second kappa shape index (κ2) is 1.78. The van der Waals surface area contributed by atoms with Crippen LogP contribution in [0.5, 0.6) is 0 Å². The van der Waals surface area contributed by atoms with E-state index < -0.39 is 5.03 Å². The van der Waals surface area contributed by atoms with Gasteiger partial charge < -0.3 is 0 Å². The summed E-state index contributed by atoms with van der Waals surface area (Å²) in [6, 6.07) is 0. The molecular weight excluding hydrogens is 95.5 g/mol. The molecule has 0 bridgehead atoms. The first-order valence-electron chi connectivity index (χ1n) is 0.778. The lowest BCUT2D eigenvalue weighted by molar-refractivity contribution is -0.519. The van der Waals surface area contributed by atoms with Crippen molar-refractivity contribution < 1.29 is 5.03 Å². The topological polar surface area (TPSA) is 55.2 Å². The summed E-state index contributed by atoms with van der Waals surface area (Å²) in [5, 5.41) is 8.07. The molecule has 0 amide bonds. The van der Waals surface area contributed by atoms with Gasteiger partial charge >= 0.3 is 0 Å². The minimum atomic E-state index is -0.860. The fourth-order valence-electron chi connectivity index (χ4n) is 0. The van der Waals surface area contributed by atoms with Gasteiger partial charge in [0.25, 0.3) is 0 Å². The van der Waals surface area contributed by atoms with Gasteiger partial charge in [0, 0.05) is 0 Å². The molecule has 0 unspecified atom stereocenters. The Kier molecular flexibility index (Phi) is 1.60. The summed E-state index contributed by atoms with van der Waals surface area (Å²) in [7, 11) is 0. The monoisotopic (exact) mass is 96.0 g/mol. The van der Waals surface area contributed by atoms with Crippen LogP contribution in [-0.2, 0) is 0 Å². The fraction of sp³-hybridized carbons (Fsp3) is 0. The van der Waals surface area contributed by atoms with Gasteiger partial charge in [-0.2, -0.15) is 0 Å². The van der Waals surface area contributed by atoms with E-state index in [9.17, 15) is 0 Å². The maximum Gasteiger partial charge on any atom is 0.173 e. The number of halogens is 1. The molecule has 0 aliphatic rings. The average molecular weight is 96.5 g/mol. The standard InChI is InChI=1S/ClHN2O2/c1-2-3(4)5/h2H. The maximum atomic E-state index is 8.93. The van der Waals surface area contributed by atoms with E-state index in [1.54, 1.807) is 0 Å². The van der Waals surface area contributed by atoms with Gasteiger partial charge in [0.05, 0.1) is 11.8 Å². The summed E-state index contributed by atoms with van der Waals surface area (Å²) in [5.41, 5.74) is 0. The predicted molar refractivity (Wildman–Crippen MR) is 16.0 cm³/mol. The molecular formula is HClN2O2. The Hall–Kier alpha value is -0.510. The highest BCUT2D eigenvalue weighted by atomic mass is 35.5. The second-order valence-corrected chi connectivity index (χ2v) is 0.511. The Morgan fingerprint density at radius 2 is 2.20 bits per heavy atom. The van der Waals surface area contributed by atoms with Crippen LogP contribution in [0.3, 0.4) is 0 Å². The Morgan fingerprint density at radius 1 is 2.00 bits per heavy atom. The van der Waals surface area contributed by atoms with Crippen molar-refractivity contribution in [3.05, 3.63) is 10.1 Å². The van der Waals surface area contributed by atoms with E-state index in [4.69, 9.17) is 10.1 Å². The Bertz CT molecular complexity index is 42.9. The first kappa shape index (κ1) is 4.49. The van der Waals surface area contributed by atoms with Crippen molar-refractivity contribution >= 4 is 11.8 Å².